The first kappa shape index (κ1) is 51.9. The van der Waals surface area contributed by atoms with E-state index in [1.165, 1.54) is 270 Å². The summed E-state index contributed by atoms with van der Waals surface area (Å²) < 4.78 is 16.1. The molecule has 1 saturated heterocycles. The van der Waals surface area contributed by atoms with Gasteiger partial charge >= 0.3 is 0 Å². The van der Waals surface area contributed by atoms with Crippen molar-refractivity contribution in [3.8, 4) is 0 Å². The SMILES string of the molecule is CCCCCCCCC1(CCCCCCCC)COC(CCCCCCCC)(CCCCCCCC)C(CCCCCCCC)(CCCCCCCC)O1. The van der Waals surface area contributed by atoms with Gasteiger partial charge in [0.2, 0.25) is 0 Å². The van der Waals surface area contributed by atoms with Gasteiger partial charge in [-0.05, 0) is 38.5 Å². The summed E-state index contributed by atoms with van der Waals surface area (Å²) >= 11 is 0. The molecule has 0 aromatic heterocycles. The van der Waals surface area contributed by atoms with Crippen LogP contribution in [0, 0.1) is 0 Å². The van der Waals surface area contributed by atoms with Crippen molar-refractivity contribution in [2.24, 2.45) is 0 Å². The fourth-order valence-electron chi connectivity index (χ4n) is 9.94. The van der Waals surface area contributed by atoms with Gasteiger partial charge in [-0.3, -0.25) is 0 Å². The molecule has 0 N–H and O–H groups in total. The Hall–Kier alpha value is -0.0800. The van der Waals surface area contributed by atoms with E-state index in [0.717, 1.165) is 6.61 Å². The van der Waals surface area contributed by atoms with Crippen LogP contribution < -0.4 is 0 Å². The maximum absolute atomic E-state index is 8.25. The predicted molar refractivity (Wildman–Crippen MR) is 243 cm³/mol. The summed E-state index contributed by atoms with van der Waals surface area (Å²) in [4.78, 5) is 0. The van der Waals surface area contributed by atoms with Gasteiger partial charge in [-0.15, -0.1) is 0 Å². The fourth-order valence-corrected chi connectivity index (χ4v) is 9.94. The summed E-state index contributed by atoms with van der Waals surface area (Å²) in [6.07, 6.45) is 56.5. The Kier molecular flexibility index (Phi) is 34.7. The van der Waals surface area contributed by atoms with E-state index in [1.807, 2.05) is 0 Å². The zero-order chi connectivity index (χ0) is 39.3. The van der Waals surface area contributed by atoms with Crippen LogP contribution in [0.15, 0.2) is 0 Å². The molecule has 0 aromatic rings. The monoisotopic (exact) mass is 761 g/mol. The highest BCUT2D eigenvalue weighted by atomic mass is 16.6. The minimum atomic E-state index is -0.127. The lowest BCUT2D eigenvalue weighted by Gasteiger charge is -2.60. The number of ether oxygens (including phenoxy) is 2. The fraction of sp³-hybridized carbons (Fsp3) is 1.00. The van der Waals surface area contributed by atoms with Crippen molar-refractivity contribution in [3.63, 3.8) is 0 Å². The van der Waals surface area contributed by atoms with E-state index in [2.05, 4.69) is 41.5 Å². The quantitative estimate of drug-likeness (QED) is 0.0577. The van der Waals surface area contributed by atoms with Crippen molar-refractivity contribution in [1.29, 1.82) is 0 Å². The molecule has 0 saturated carbocycles. The van der Waals surface area contributed by atoms with Crippen LogP contribution in [-0.4, -0.2) is 23.4 Å². The van der Waals surface area contributed by atoms with Gasteiger partial charge < -0.3 is 9.47 Å². The summed E-state index contributed by atoms with van der Waals surface area (Å²) in [7, 11) is 0. The third-order valence-corrected chi connectivity index (χ3v) is 13.6. The van der Waals surface area contributed by atoms with Crippen LogP contribution in [0.3, 0.4) is 0 Å². The molecule has 1 aliphatic heterocycles. The van der Waals surface area contributed by atoms with Crippen molar-refractivity contribution in [3.05, 3.63) is 0 Å². The van der Waals surface area contributed by atoms with Gasteiger partial charge in [0, 0.05) is 0 Å². The van der Waals surface area contributed by atoms with Gasteiger partial charge in [0.15, 0.2) is 0 Å². The van der Waals surface area contributed by atoms with E-state index < -0.39 is 0 Å². The minimum Gasteiger partial charge on any atom is -0.369 e. The second kappa shape index (κ2) is 36.0. The van der Waals surface area contributed by atoms with E-state index in [4.69, 9.17) is 9.47 Å². The van der Waals surface area contributed by atoms with Crippen LogP contribution >= 0.6 is 0 Å². The number of unbranched alkanes of at least 4 members (excludes halogenated alkanes) is 30. The molecule has 1 aliphatic rings. The van der Waals surface area contributed by atoms with Gasteiger partial charge in [0.1, 0.15) is 0 Å². The Bertz CT molecular complexity index is 711. The van der Waals surface area contributed by atoms with E-state index in [-0.39, 0.29) is 16.8 Å². The Morgan fingerprint density at radius 2 is 0.481 bits per heavy atom. The average Bonchev–Trinajstić information content (AvgIpc) is 3.18. The summed E-state index contributed by atoms with van der Waals surface area (Å²) in [6, 6.07) is 0. The third-order valence-electron chi connectivity index (χ3n) is 13.6. The molecule has 0 spiro atoms. The van der Waals surface area contributed by atoms with Crippen LogP contribution in [0.5, 0.6) is 0 Å². The number of hydrogen-bond acceptors (Lipinski definition) is 2. The zero-order valence-corrected chi connectivity index (χ0v) is 38.7. The molecular formula is C52H104O2. The predicted octanol–water partition coefficient (Wildman–Crippen LogP) is 18.8. The standard InChI is InChI=1S/C52H104O2/c1-7-13-19-25-31-37-43-50(44-38-32-26-20-14-8-2)49-53-51(45-39-33-27-21-15-9-3,46-40-34-28-22-16-10-4)52(54-50,47-41-35-29-23-17-11-5)48-42-36-30-24-18-12-6/h7-49H2,1-6H3. The lowest BCUT2D eigenvalue weighted by molar-refractivity contribution is -0.338. The van der Waals surface area contributed by atoms with Crippen molar-refractivity contribution in [1.82, 2.24) is 0 Å². The Morgan fingerprint density at radius 1 is 0.259 bits per heavy atom. The normalized spacial score (nSPS) is 16.3. The Morgan fingerprint density at radius 3 is 0.759 bits per heavy atom. The largest absolute Gasteiger partial charge is 0.369 e. The van der Waals surface area contributed by atoms with Crippen LogP contribution in [0.1, 0.15) is 311 Å². The van der Waals surface area contributed by atoms with Crippen molar-refractivity contribution >= 4 is 0 Å². The van der Waals surface area contributed by atoms with Gasteiger partial charge in [-0.1, -0.05) is 273 Å². The lowest BCUT2D eigenvalue weighted by Crippen LogP contribution is -2.67. The van der Waals surface area contributed by atoms with Gasteiger partial charge in [0.05, 0.1) is 23.4 Å². The maximum atomic E-state index is 8.25. The molecule has 1 rings (SSSR count). The smallest absolute Gasteiger partial charge is 0.0979 e. The second-order valence-corrected chi connectivity index (χ2v) is 18.7. The molecule has 0 amide bonds. The molecule has 54 heavy (non-hydrogen) atoms. The molecule has 1 heterocycles. The Balaban J connectivity index is 3.53. The second-order valence-electron chi connectivity index (χ2n) is 18.7. The molecule has 0 atom stereocenters. The minimum absolute atomic E-state index is 0.0916. The van der Waals surface area contributed by atoms with Gasteiger partial charge in [-0.25, -0.2) is 0 Å². The highest BCUT2D eigenvalue weighted by molar-refractivity contribution is 5.08. The van der Waals surface area contributed by atoms with Crippen molar-refractivity contribution in [2.75, 3.05) is 6.61 Å². The molecule has 2 nitrogen and oxygen atoms in total. The number of hydrogen-bond donors (Lipinski definition) is 0. The molecule has 0 aromatic carbocycles. The van der Waals surface area contributed by atoms with E-state index in [1.54, 1.807) is 0 Å². The highest BCUT2D eigenvalue weighted by Gasteiger charge is 2.59. The van der Waals surface area contributed by atoms with E-state index in [0.29, 0.717) is 0 Å². The molecule has 2 heteroatoms. The van der Waals surface area contributed by atoms with E-state index >= 15 is 0 Å². The molecule has 324 valence electrons. The van der Waals surface area contributed by atoms with Crippen LogP contribution in [0.4, 0.5) is 0 Å². The van der Waals surface area contributed by atoms with Crippen LogP contribution in [0.2, 0.25) is 0 Å². The third kappa shape index (κ3) is 23.4. The average molecular weight is 761 g/mol. The summed E-state index contributed by atoms with van der Waals surface area (Å²) in [5.74, 6) is 0. The van der Waals surface area contributed by atoms with Crippen LogP contribution in [-0.2, 0) is 9.47 Å². The van der Waals surface area contributed by atoms with E-state index in [9.17, 15) is 0 Å². The molecule has 0 bridgehead atoms. The van der Waals surface area contributed by atoms with Crippen molar-refractivity contribution in [2.45, 2.75) is 328 Å². The molecular weight excluding hydrogens is 657 g/mol. The summed E-state index contributed by atoms with van der Waals surface area (Å²) in [6.45, 7) is 15.0. The maximum Gasteiger partial charge on any atom is 0.0979 e. The lowest BCUT2D eigenvalue weighted by atomic mass is 9.68. The first-order valence-corrected chi connectivity index (χ1v) is 25.9. The first-order valence-electron chi connectivity index (χ1n) is 25.9. The Labute approximate surface area is 343 Å². The molecule has 1 fully saturated rings. The summed E-state index contributed by atoms with van der Waals surface area (Å²) in [5, 5.41) is 0. The first-order chi connectivity index (χ1) is 26.5. The van der Waals surface area contributed by atoms with Gasteiger partial charge in [-0.2, -0.15) is 0 Å². The van der Waals surface area contributed by atoms with Crippen LogP contribution in [0.25, 0.3) is 0 Å². The molecule has 0 aliphatic carbocycles. The number of rotatable bonds is 42. The van der Waals surface area contributed by atoms with Crippen molar-refractivity contribution < 1.29 is 9.47 Å². The summed E-state index contributed by atoms with van der Waals surface area (Å²) in [5.41, 5.74) is -0.329. The molecule has 0 unspecified atom stereocenters. The molecule has 0 radical (unpaired) electrons. The zero-order valence-electron chi connectivity index (χ0n) is 38.7. The van der Waals surface area contributed by atoms with Gasteiger partial charge in [0.25, 0.3) is 0 Å². The topological polar surface area (TPSA) is 18.5 Å². The highest BCUT2D eigenvalue weighted by Crippen LogP contribution is 2.53.